The minimum atomic E-state index is -4.24. The van der Waals surface area contributed by atoms with E-state index < -0.39 is 9.15 Å². The van der Waals surface area contributed by atoms with Crippen LogP contribution < -0.4 is 4.90 Å². The molecule has 7 nitrogen and oxygen atoms in total. The number of allylic oxidation sites excluding steroid dienone is 6. The molecular formula is C21H35N2O5S2+. The van der Waals surface area contributed by atoms with Gasteiger partial charge in [0.15, 0.2) is 0 Å². The monoisotopic (exact) mass is 459 g/mol. The highest BCUT2D eigenvalue weighted by molar-refractivity contribution is 8.70. The van der Waals surface area contributed by atoms with Gasteiger partial charge in [0.05, 0.1) is 21.9 Å². The lowest BCUT2D eigenvalue weighted by atomic mass is 10.1. The second kappa shape index (κ2) is 15.7. The summed E-state index contributed by atoms with van der Waals surface area (Å²) in [7, 11) is 0.797. The lowest BCUT2D eigenvalue weighted by molar-refractivity contribution is 0.399. The summed E-state index contributed by atoms with van der Waals surface area (Å²) in [6.45, 7) is 9.70. The van der Waals surface area contributed by atoms with Crippen LogP contribution in [0.15, 0.2) is 63.7 Å². The van der Waals surface area contributed by atoms with Gasteiger partial charge in [-0.15, -0.1) is 0 Å². The average Bonchev–Trinajstić information content (AvgIpc) is 2.73. The lowest BCUT2D eigenvalue weighted by Gasteiger charge is -2.14. The molecule has 0 radical (unpaired) electrons. The molecule has 0 fully saturated rings. The van der Waals surface area contributed by atoms with E-state index in [4.69, 9.17) is 14.8 Å². The Kier molecular flexibility index (Phi) is 15.8. The third kappa shape index (κ3) is 11.2. The topological polar surface area (TPSA) is 113 Å². The summed E-state index contributed by atoms with van der Waals surface area (Å²) in [5, 5.41) is 14.6. The summed E-state index contributed by atoms with van der Waals surface area (Å²) in [6, 6.07) is 5.19. The zero-order valence-electron chi connectivity index (χ0n) is 19.0. The molecule has 0 saturated heterocycles. The molecule has 4 N–H and O–H groups in total. The standard InChI is InChI=1S/C16H18N2O4S2.2C2H6.CH4O/c1-11(19)12-4-6-13(7-5-12)17-15-9-8-14(18(2)3)10-16(15)23-24(20,21)22;3*1-2/h4-10,19H,1-3H3,(H,20,21,22);2*1-2H3;2H,1H3/p+1. The number of aliphatic hydroxyl groups excluding tert-OH is 1. The fourth-order valence-electron chi connectivity index (χ4n) is 1.98. The molecule has 0 heterocycles. The van der Waals surface area contributed by atoms with Crippen LogP contribution in [0.1, 0.15) is 34.6 Å². The molecule has 0 bridgehead atoms. The summed E-state index contributed by atoms with van der Waals surface area (Å²) in [6.07, 6.45) is 7.08. The SMILES string of the molecule is CC.CC.CC([OH2+])=C1C=CC(=Nc2ccc(N(C)C)cc2SS(=O)(=O)O)C=C1.CO. The third-order valence-corrected chi connectivity index (χ3v) is 5.09. The van der Waals surface area contributed by atoms with E-state index in [1.54, 1.807) is 43.4 Å². The van der Waals surface area contributed by atoms with Crippen LogP contribution in [0.4, 0.5) is 11.4 Å². The van der Waals surface area contributed by atoms with E-state index in [0.29, 0.717) is 32.8 Å². The van der Waals surface area contributed by atoms with Gasteiger partial charge in [-0.3, -0.25) is 4.55 Å². The van der Waals surface area contributed by atoms with E-state index in [1.165, 1.54) is 0 Å². The highest BCUT2D eigenvalue weighted by atomic mass is 33.1. The van der Waals surface area contributed by atoms with Crippen LogP contribution >= 0.6 is 10.8 Å². The summed E-state index contributed by atoms with van der Waals surface area (Å²) >= 11 is 0. The lowest BCUT2D eigenvalue weighted by Crippen LogP contribution is -2.08. The highest BCUT2D eigenvalue weighted by Crippen LogP contribution is 2.36. The first kappa shape index (κ1) is 30.1. The minimum absolute atomic E-state index is 0.344. The van der Waals surface area contributed by atoms with E-state index in [2.05, 4.69) is 4.99 Å². The van der Waals surface area contributed by atoms with Crippen LogP contribution in [-0.2, 0) is 9.15 Å². The first-order valence-corrected chi connectivity index (χ1v) is 12.2. The molecule has 9 heteroatoms. The molecule has 2 rings (SSSR count). The molecule has 170 valence electrons. The Labute approximate surface area is 184 Å². The van der Waals surface area contributed by atoms with Crippen LogP contribution in [-0.4, -0.2) is 50.1 Å². The van der Waals surface area contributed by atoms with Crippen LogP contribution in [0.3, 0.4) is 0 Å². The summed E-state index contributed by atoms with van der Waals surface area (Å²) < 4.78 is 31.6. The number of hydrogen-bond donors (Lipinski definition) is 2. The van der Waals surface area contributed by atoms with Crippen molar-refractivity contribution in [1.82, 2.24) is 0 Å². The molecule has 1 aromatic carbocycles. The van der Waals surface area contributed by atoms with Crippen molar-refractivity contribution in [2.24, 2.45) is 4.99 Å². The second-order valence-electron chi connectivity index (χ2n) is 5.34. The van der Waals surface area contributed by atoms with E-state index in [-0.39, 0.29) is 0 Å². The molecule has 0 unspecified atom stereocenters. The van der Waals surface area contributed by atoms with Crippen molar-refractivity contribution in [2.75, 3.05) is 26.1 Å². The van der Waals surface area contributed by atoms with Crippen molar-refractivity contribution in [2.45, 2.75) is 39.5 Å². The maximum atomic E-state index is 11.2. The maximum Gasteiger partial charge on any atom is 0.324 e. The molecule has 0 atom stereocenters. The van der Waals surface area contributed by atoms with Gasteiger partial charge < -0.3 is 15.1 Å². The van der Waals surface area contributed by atoms with Gasteiger partial charge in [-0.05, 0) is 42.5 Å². The first-order chi connectivity index (χ1) is 14.2. The average molecular weight is 460 g/mol. The van der Waals surface area contributed by atoms with Crippen molar-refractivity contribution < 1.29 is 23.2 Å². The molecule has 30 heavy (non-hydrogen) atoms. The fourth-order valence-corrected chi connectivity index (χ4v) is 3.65. The number of hydrogen-bond acceptors (Lipinski definition) is 6. The number of aliphatic hydroxyl groups is 1. The third-order valence-electron chi connectivity index (χ3n) is 3.20. The van der Waals surface area contributed by atoms with Gasteiger partial charge in [-0.1, -0.05) is 27.7 Å². The van der Waals surface area contributed by atoms with Crippen LogP contribution in [0.5, 0.6) is 0 Å². The van der Waals surface area contributed by atoms with Crippen LogP contribution in [0.25, 0.3) is 0 Å². The minimum Gasteiger partial charge on any atom is -0.596 e. The quantitative estimate of drug-likeness (QED) is 0.296. The second-order valence-corrected chi connectivity index (χ2v) is 8.57. The van der Waals surface area contributed by atoms with Gasteiger partial charge in [0.1, 0.15) is 0 Å². The van der Waals surface area contributed by atoms with E-state index in [0.717, 1.165) is 18.4 Å². The number of nitrogens with zero attached hydrogens (tertiary/aromatic N) is 2. The number of aliphatic imine (C=N–C) groups is 1. The number of benzene rings is 1. The summed E-state index contributed by atoms with van der Waals surface area (Å²) in [5.74, 6) is 0.458. The van der Waals surface area contributed by atoms with Crippen molar-refractivity contribution in [3.05, 3.63) is 53.8 Å². The smallest absolute Gasteiger partial charge is 0.324 e. The van der Waals surface area contributed by atoms with E-state index in [9.17, 15) is 8.42 Å². The first-order valence-electron chi connectivity index (χ1n) is 9.46. The van der Waals surface area contributed by atoms with Crippen molar-refractivity contribution in [1.29, 1.82) is 0 Å². The van der Waals surface area contributed by atoms with Gasteiger partial charge in [0, 0.05) is 44.6 Å². The maximum absolute atomic E-state index is 11.2. The number of rotatable bonds is 4. The van der Waals surface area contributed by atoms with Crippen LogP contribution in [0, 0.1) is 0 Å². The molecule has 0 spiro atoms. The molecule has 0 amide bonds. The summed E-state index contributed by atoms with van der Waals surface area (Å²) in [5.41, 5.74) is 2.68. The predicted octanol–water partition coefficient (Wildman–Crippen LogP) is 4.51. The molecule has 0 saturated carbocycles. The fraction of sp³-hybridized carbons (Fsp3) is 0.381. The molecule has 0 aliphatic heterocycles. The Bertz CT molecular complexity index is 849. The molecule has 1 aliphatic carbocycles. The van der Waals surface area contributed by atoms with Crippen molar-refractivity contribution in [3.63, 3.8) is 0 Å². The Morgan fingerprint density at radius 3 is 1.93 bits per heavy atom. The van der Waals surface area contributed by atoms with Gasteiger partial charge in [-0.25, -0.2) is 4.99 Å². The Morgan fingerprint density at radius 2 is 1.53 bits per heavy atom. The van der Waals surface area contributed by atoms with Crippen molar-refractivity contribution in [3.8, 4) is 0 Å². The predicted molar refractivity (Wildman–Crippen MR) is 131 cm³/mol. The van der Waals surface area contributed by atoms with Gasteiger partial charge in [0.25, 0.3) is 0 Å². The van der Waals surface area contributed by atoms with E-state index >= 15 is 0 Å². The highest BCUT2D eigenvalue weighted by Gasteiger charge is 2.14. The molecule has 0 aromatic heterocycles. The Balaban J connectivity index is 0. The zero-order valence-corrected chi connectivity index (χ0v) is 20.6. The van der Waals surface area contributed by atoms with Crippen LogP contribution in [0.2, 0.25) is 0 Å². The van der Waals surface area contributed by atoms with E-state index in [1.807, 2.05) is 52.8 Å². The normalized spacial score (nSPS) is 11.8. The van der Waals surface area contributed by atoms with Gasteiger partial charge in [-0.2, -0.15) is 8.42 Å². The van der Waals surface area contributed by atoms with Gasteiger partial charge in [0.2, 0.25) is 5.76 Å². The van der Waals surface area contributed by atoms with Gasteiger partial charge >= 0.3 is 9.15 Å². The summed E-state index contributed by atoms with van der Waals surface area (Å²) in [4.78, 5) is 6.62. The zero-order chi connectivity index (χ0) is 23.9. The van der Waals surface area contributed by atoms with Crippen molar-refractivity contribution >= 4 is 37.0 Å². The Hall–Kier alpha value is -2.07. The Morgan fingerprint density at radius 1 is 1.03 bits per heavy atom. The molecular weight excluding hydrogens is 424 g/mol. The molecule has 1 aromatic rings. The molecule has 1 aliphatic rings. The number of anilines is 1. The largest absolute Gasteiger partial charge is 0.596 e.